The first-order chi connectivity index (χ1) is 15.3. The van der Waals surface area contributed by atoms with Gasteiger partial charge in [-0.2, -0.15) is 5.26 Å². The number of esters is 1. The second-order valence-electron chi connectivity index (χ2n) is 6.75. The van der Waals surface area contributed by atoms with E-state index in [1.165, 1.54) is 26.0 Å². The maximum atomic E-state index is 12.9. The molecule has 0 bridgehead atoms. The Balaban J connectivity index is 2.04. The minimum atomic E-state index is -1.20. The quantitative estimate of drug-likeness (QED) is 0.377. The van der Waals surface area contributed by atoms with E-state index in [0.29, 0.717) is 36.6 Å². The predicted octanol–water partition coefficient (Wildman–Crippen LogP) is 5.44. The summed E-state index contributed by atoms with van der Waals surface area (Å²) in [5, 5.41) is 13.9. The molecule has 2 atom stereocenters. The lowest BCUT2D eigenvalue weighted by Gasteiger charge is -2.31. The van der Waals surface area contributed by atoms with Gasteiger partial charge in [-0.15, -0.1) is 11.8 Å². The highest BCUT2D eigenvalue weighted by molar-refractivity contribution is 9.10. The van der Waals surface area contributed by atoms with Crippen LogP contribution in [0.25, 0.3) is 0 Å². The monoisotopic (exact) mass is 554 g/mol. The first-order valence-corrected chi connectivity index (χ1v) is 11.8. The molecule has 1 N–H and O–H groups in total. The second kappa shape index (κ2) is 10.6. The van der Waals surface area contributed by atoms with Crippen LogP contribution in [0.4, 0.5) is 0 Å². The van der Waals surface area contributed by atoms with Crippen molar-refractivity contribution in [3.63, 3.8) is 0 Å². The Morgan fingerprint density at radius 1 is 1.22 bits per heavy atom. The van der Waals surface area contributed by atoms with E-state index < -0.39 is 23.7 Å². The SMILES string of the molecule is COC(=O)[C@H]1C(=O)NC(SCc2ccc(Cl)c(Cl)c2)=C(C#N)[C@@H]1c1ccc(OC)c(Br)c1. The normalized spacial score (nSPS) is 18.1. The van der Waals surface area contributed by atoms with Crippen LogP contribution in [0.1, 0.15) is 17.0 Å². The number of nitrogens with one attached hydrogen (secondary N) is 1. The van der Waals surface area contributed by atoms with Gasteiger partial charge in [0.05, 0.1) is 45.4 Å². The molecule has 0 aliphatic carbocycles. The minimum Gasteiger partial charge on any atom is -0.496 e. The van der Waals surface area contributed by atoms with Gasteiger partial charge in [-0.3, -0.25) is 9.59 Å². The second-order valence-corrected chi connectivity index (χ2v) is 9.41. The number of hydrogen-bond donors (Lipinski definition) is 1. The van der Waals surface area contributed by atoms with Crippen LogP contribution in [-0.2, 0) is 20.1 Å². The molecule has 10 heteroatoms. The number of amides is 1. The van der Waals surface area contributed by atoms with Gasteiger partial charge in [0.1, 0.15) is 11.7 Å². The predicted molar refractivity (Wildman–Crippen MR) is 127 cm³/mol. The molecule has 0 aromatic heterocycles. The van der Waals surface area contributed by atoms with Gasteiger partial charge in [0.2, 0.25) is 5.91 Å². The van der Waals surface area contributed by atoms with E-state index in [1.807, 2.05) is 6.07 Å². The molecule has 0 radical (unpaired) electrons. The molecule has 1 amide bonds. The molecule has 32 heavy (non-hydrogen) atoms. The van der Waals surface area contributed by atoms with E-state index in [1.54, 1.807) is 30.3 Å². The van der Waals surface area contributed by atoms with Crippen molar-refractivity contribution in [2.45, 2.75) is 11.7 Å². The number of rotatable bonds is 6. The molecule has 3 rings (SSSR count). The molecule has 2 aromatic carbocycles. The summed E-state index contributed by atoms with van der Waals surface area (Å²) in [6, 6.07) is 12.6. The van der Waals surface area contributed by atoms with Gasteiger partial charge in [-0.25, -0.2) is 0 Å². The van der Waals surface area contributed by atoms with Gasteiger partial charge >= 0.3 is 5.97 Å². The third-order valence-electron chi connectivity index (χ3n) is 4.89. The average Bonchev–Trinajstić information content (AvgIpc) is 2.78. The maximum absolute atomic E-state index is 12.9. The van der Waals surface area contributed by atoms with Crippen molar-refractivity contribution in [1.82, 2.24) is 5.32 Å². The molecular formula is C22H17BrCl2N2O4S. The number of carbonyl (C=O) groups is 2. The molecule has 0 unspecified atom stereocenters. The summed E-state index contributed by atoms with van der Waals surface area (Å²) in [7, 11) is 2.74. The van der Waals surface area contributed by atoms with Crippen LogP contribution in [0.5, 0.6) is 5.75 Å². The summed E-state index contributed by atoms with van der Waals surface area (Å²) in [5.74, 6) is -2.27. The first-order valence-electron chi connectivity index (χ1n) is 9.23. The van der Waals surface area contributed by atoms with Crippen molar-refractivity contribution in [2.24, 2.45) is 5.92 Å². The maximum Gasteiger partial charge on any atom is 0.319 e. The number of nitriles is 1. The third kappa shape index (κ3) is 5.07. The van der Waals surface area contributed by atoms with E-state index >= 15 is 0 Å². The summed E-state index contributed by atoms with van der Waals surface area (Å²) < 4.78 is 10.8. The molecular weight excluding hydrogens is 539 g/mol. The Hall–Kier alpha value is -2.18. The number of benzene rings is 2. The number of hydrogen-bond acceptors (Lipinski definition) is 6. The molecule has 0 fully saturated rings. The Kier molecular flexibility index (Phi) is 8.12. The third-order valence-corrected chi connectivity index (χ3v) is 7.33. The molecule has 6 nitrogen and oxygen atoms in total. The first kappa shape index (κ1) is 24.5. The zero-order chi connectivity index (χ0) is 23.4. The highest BCUT2D eigenvalue weighted by Crippen LogP contribution is 2.42. The summed E-state index contributed by atoms with van der Waals surface area (Å²) >= 11 is 16.7. The van der Waals surface area contributed by atoms with Gasteiger partial charge in [-0.05, 0) is 51.3 Å². The number of methoxy groups -OCH3 is 2. The standard InChI is InChI=1S/C22H17BrCl2N2O4S/c1-30-17-6-4-12(8-14(17)23)18-13(9-26)21(27-20(28)19(18)22(29)31-2)32-10-11-3-5-15(24)16(25)7-11/h3-8,18-19H,10H2,1-2H3,(H,27,28)/t18-,19+/m0/s1. The Labute approximate surface area is 208 Å². The highest BCUT2D eigenvalue weighted by atomic mass is 79.9. The zero-order valence-corrected chi connectivity index (χ0v) is 20.9. The van der Waals surface area contributed by atoms with Gasteiger partial charge < -0.3 is 14.8 Å². The van der Waals surface area contributed by atoms with Crippen LogP contribution in [0, 0.1) is 17.2 Å². The minimum absolute atomic E-state index is 0.266. The van der Waals surface area contributed by atoms with Gasteiger partial charge in [-0.1, -0.05) is 35.3 Å². The number of allylic oxidation sites excluding steroid dienone is 1. The zero-order valence-electron chi connectivity index (χ0n) is 16.9. The van der Waals surface area contributed by atoms with Crippen molar-refractivity contribution in [3.05, 3.63) is 72.6 Å². The Morgan fingerprint density at radius 2 is 1.97 bits per heavy atom. The van der Waals surface area contributed by atoms with Crippen LogP contribution >= 0.6 is 50.9 Å². The Morgan fingerprint density at radius 3 is 2.56 bits per heavy atom. The molecule has 2 aromatic rings. The molecule has 0 saturated carbocycles. The largest absolute Gasteiger partial charge is 0.496 e. The van der Waals surface area contributed by atoms with Crippen LogP contribution in [0.3, 0.4) is 0 Å². The molecule has 166 valence electrons. The van der Waals surface area contributed by atoms with Crippen molar-refractivity contribution in [1.29, 1.82) is 5.26 Å². The van der Waals surface area contributed by atoms with Gasteiger partial charge in [0, 0.05) is 11.7 Å². The van der Waals surface area contributed by atoms with Crippen LogP contribution in [0.2, 0.25) is 10.0 Å². The highest BCUT2D eigenvalue weighted by Gasteiger charge is 2.44. The lowest BCUT2D eigenvalue weighted by molar-refractivity contribution is -0.150. The number of ether oxygens (including phenoxy) is 2. The fraction of sp³-hybridized carbons (Fsp3) is 0.227. The molecule has 1 aliphatic heterocycles. The number of halogens is 3. The van der Waals surface area contributed by atoms with E-state index in [2.05, 4.69) is 27.3 Å². The van der Waals surface area contributed by atoms with Crippen molar-refractivity contribution in [3.8, 4) is 11.8 Å². The van der Waals surface area contributed by atoms with Gasteiger partial charge in [0.25, 0.3) is 0 Å². The van der Waals surface area contributed by atoms with E-state index in [9.17, 15) is 14.9 Å². The van der Waals surface area contributed by atoms with Crippen molar-refractivity contribution < 1.29 is 19.1 Å². The molecule has 0 saturated heterocycles. The van der Waals surface area contributed by atoms with Crippen LogP contribution in [0.15, 0.2) is 51.5 Å². The average molecular weight is 556 g/mol. The van der Waals surface area contributed by atoms with Crippen LogP contribution < -0.4 is 10.1 Å². The number of thioether (sulfide) groups is 1. The van der Waals surface area contributed by atoms with Crippen molar-refractivity contribution in [2.75, 3.05) is 14.2 Å². The number of carbonyl (C=O) groups excluding carboxylic acids is 2. The van der Waals surface area contributed by atoms with Gasteiger partial charge in [0.15, 0.2) is 0 Å². The summed E-state index contributed by atoms with van der Waals surface area (Å²) in [6.07, 6.45) is 0. The number of nitrogens with zero attached hydrogens (tertiary/aromatic N) is 1. The topological polar surface area (TPSA) is 88.4 Å². The smallest absolute Gasteiger partial charge is 0.319 e. The lowest BCUT2D eigenvalue weighted by atomic mass is 9.78. The van der Waals surface area contributed by atoms with E-state index in [-0.39, 0.29) is 5.57 Å². The summed E-state index contributed by atoms with van der Waals surface area (Å²) in [4.78, 5) is 25.4. The molecule has 0 spiro atoms. The lowest BCUT2D eigenvalue weighted by Crippen LogP contribution is -2.44. The molecule has 1 aliphatic rings. The van der Waals surface area contributed by atoms with Crippen LogP contribution in [-0.4, -0.2) is 26.1 Å². The van der Waals surface area contributed by atoms with E-state index in [0.717, 1.165) is 5.56 Å². The Bertz CT molecular complexity index is 1150. The summed E-state index contributed by atoms with van der Waals surface area (Å²) in [6.45, 7) is 0. The summed E-state index contributed by atoms with van der Waals surface area (Å²) in [5.41, 5.74) is 1.73. The van der Waals surface area contributed by atoms with E-state index in [4.69, 9.17) is 32.7 Å². The van der Waals surface area contributed by atoms with Crippen molar-refractivity contribution >= 4 is 62.8 Å². The fourth-order valence-electron chi connectivity index (χ4n) is 3.34. The molecule has 1 heterocycles. The fourth-order valence-corrected chi connectivity index (χ4v) is 5.21.